The zero-order chi connectivity index (χ0) is 21.8. The maximum absolute atomic E-state index is 13.0. The average Bonchev–Trinajstić information content (AvgIpc) is 3.34. The molecule has 2 atom stereocenters. The van der Waals surface area contributed by atoms with E-state index in [1.807, 2.05) is 29.6 Å². The second kappa shape index (κ2) is 9.27. The molecular formula is C25H25N3O2S. The highest BCUT2D eigenvalue weighted by Crippen LogP contribution is 2.28. The summed E-state index contributed by atoms with van der Waals surface area (Å²) < 4.78 is 1.57. The van der Waals surface area contributed by atoms with Crippen molar-refractivity contribution in [2.24, 2.45) is 0 Å². The van der Waals surface area contributed by atoms with Crippen LogP contribution >= 0.6 is 11.3 Å². The van der Waals surface area contributed by atoms with Gasteiger partial charge in [-0.3, -0.25) is 14.3 Å². The fourth-order valence-corrected chi connectivity index (χ4v) is 4.46. The first kappa shape index (κ1) is 21.0. The number of carbonyl (C=O) groups excluding carboxylic acids is 1. The number of fused-ring (bicyclic) bond motifs is 1. The summed E-state index contributed by atoms with van der Waals surface area (Å²) in [6, 6.07) is 19.5. The van der Waals surface area contributed by atoms with E-state index in [4.69, 9.17) is 0 Å². The van der Waals surface area contributed by atoms with Crippen LogP contribution in [0.3, 0.4) is 0 Å². The summed E-state index contributed by atoms with van der Waals surface area (Å²) in [5, 5.41) is 9.90. The third-order valence-corrected chi connectivity index (χ3v) is 6.58. The van der Waals surface area contributed by atoms with Crippen LogP contribution < -0.4 is 10.7 Å². The molecule has 31 heavy (non-hydrogen) atoms. The van der Waals surface area contributed by atoms with Crippen molar-refractivity contribution in [2.45, 2.75) is 38.8 Å². The van der Waals surface area contributed by atoms with Gasteiger partial charge in [-0.05, 0) is 47.0 Å². The van der Waals surface area contributed by atoms with Crippen molar-refractivity contribution in [2.75, 3.05) is 0 Å². The average molecular weight is 432 g/mol. The van der Waals surface area contributed by atoms with Crippen molar-refractivity contribution >= 4 is 28.1 Å². The molecule has 0 bridgehead atoms. The Morgan fingerprint density at radius 1 is 1.06 bits per heavy atom. The molecule has 0 aliphatic rings. The molecule has 6 heteroatoms. The van der Waals surface area contributed by atoms with Crippen LogP contribution in [0.2, 0.25) is 0 Å². The van der Waals surface area contributed by atoms with E-state index >= 15 is 0 Å². The van der Waals surface area contributed by atoms with Gasteiger partial charge in [-0.1, -0.05) is 56.3 Å². The Kier molecular flexibility index (Phi) is 6.28. The summed E-state index contributed by atoms with van der Waals surface area (Å²) in [6.07, 6.45) is 2.35. The summed E-state index contributed by atoms with van der Waals surface area (Å²) in [7, 11) is 0. The lowest BCUT2D eigenvalue weighted by atomic mass is 9.95. The Morgan fingerprint density at radius 3 is 2.52 bits per heavy atom. The van der Waals surface area contributed by atoms with E-state index in [2.05, 4.69) is 48.5 Å². The molecule has 2 heterocycles. The molecule has 2 unspecified atom stereocenters. The normalized spacial score (nSPS) is 13.1. The molecule has 1 amide bonds. The standard InChI is InChI=1S/C25H25N3O2S/c1-3-17(2)18-10-12-19(13-11-18)25(23-9-6-14-31-23)27-24(30)16-28-21-8-5-4-7-20(21)22(29)15-26-28/h4-15,17,25H,3,16H2,1-2H3,(H,27,30). The minimum Gasteiger partial charge on any atom is -0.343 e. The molecule has 158 valence electrons. The molecule has 4 aromatic rings. The number of aromatic nitrogens is 2. The topological polar surface area (TPSA) is 64.0 Å². The predicted octanol–water partition coefficient (Wildman–Crippen LogP) is 4.88. The Hall–Kier alpha value is -3.25. The second-order valence-electron chi connectivity index (χ2n) is 7.68. The molecule has 4 rings (SSSR count). The van der Waals surface area contributed by atoms with E-state index < -0.39 is 0 Å². The Balaban J connectivity index is 1.59. The van der Waals surface area contributed by atoms with Crippen molar-refractivity contribution < 1.29 is 4.79 Å². The first-order chi connectivity index (χ1) is 15.1. The van der Waals surface area contributed by atoms with E-state index in [1.54, 1.807) is 28.2 Å². The number of amides is 1. The first-order valence-electron chi connectivity index (χ1n) is 10.4. The minimum atomic E-state index is -0.232. The van der Waals surface area contributed by atoms with Crippen molar-refractivity contribution in [3.8, 4) is 0 Å². The smallest absolute Gasteiger partial charge is 0.242 e. The molecule has 0 radical (unpaired) electrons. The van der Waals surface area contributed by atoms with Gasteiger partial charge in [0.05, 0.1) is 17.8 Å². The van der Waals surface area contributed by atoms with Gasteiger partial charge < -0.3 is 5.32 Å². The number of thiophene rings is 1. The highest BCUT2D eigenvalue weighted by atomic mass is 32.1. The van der Waals surface area contributed by atoms with Gasteiger partial charge in [-0.25, -0.2) is 0 Å². The molecular weight excluding hydrogens is 406 g/mol. The maximum atomic E-state index is 13.0. The van der Waals surface area contributed by atoms with Gasteiger partial charge in [-0.15, -0.1) is 11.3 Å². The third kappa shape index (κ3) is 4.59. The van der Waals surface area contributed by atoms with Crippen LogP contribution in [0.1, 0.15) is 48.2 Å². The zero-order valence-corrected chi connectivity index (χ0v) is 18.4. The van der Waals surface area contributed by atoms with Crippen LogP contribution in [0.15, 0.2) is 77.0 Å². The zero-order valence-electron chi connectivity index (χ0n) is 17.6. The number of para-hydroxylation sites is 1. The lowest BCUT2D eigenvalue weighted by Gasteiger charge is -2.20. The monoisotopic (exact) mass is 431 g/mol. The number of benzene rings is 2. The highest BCUT2D eigenvalue weighted by Gasteiger charge is 2.19. The van der Waals surface area contributed by atoms with E-state index in [-0.39, 0.29) is 23.9 Å². The largest absolute Gasteiger partial charge is 0.343 e. The number of nitrogens with one attached hydrogen (secondary N) is 1. The maximum Gasteiger partial charge on any atom is 0.242 e. The fraction of sp³-hybridized carbons (Fsp3) is 0.240. The summed E-state index contributed by atoms with van der Waals surface area (Å²) in [5.41, 5.74) is 2.84. The number of nitrogens with zero attached hydrogens (tertiary/aromatic N) is 2. The lowest BCUT2D eigenvalue weighted by Crippen LogP contribution is -2.32. The molecule has 2 aromatic carbocycles. The van der Waals surface area contributed by atoms with Gasteiger partial charge in [0.2, 0.25) is 11.3 Å². The Bertz CT molecular complexity index is 1230. The van der Waals surface area contributed by atoms with Crippen LogP contribution in [0.5, 0.6) is 0 Å². The van der Waals surface area contributed by atoms with Gasteiger partial charge >= 0.3 is 0 Å². The van der Waals surface area contributed by atoms with Crippen LogP contribution in [0, 0.1) is 0 Å². The van der Waals surface area contributed by atoms with E-state index in [0.29, 0.717) is 16.8 Å². The Morgan fingerprint density at radius 2 is 1.81 bits per heavy atom. The molecule has 0 fully saturated rings. The Labute approximate surface area is 185 Å². The summed E-state index contributed by atoms with van der Waals surface area (Å²) in [5.74, 6) is 0.342. The summed E-state index contributed by atoms with van der Waals surface area (Å²) in [6.45, 7) is 4.44. The molecule has 0 spiro atoms. The summed E-state index contributed by atoms with van der Waals surface area (Å²) in [4.78, 5) is 26.1. The molecule has 0 saturated carbocycles. The SMILES string of the molecule is CCC(C)c1ccc(C(NC(=O)Cn2ncc(=O)c3ccccc32)c2cccs2)cc1. The van der Waals surface area contributed by atoms with Crippen molar-refractivity contribution in [3.05, 3.63) is 98.5 Å². The molecule has 1 N–H and O–H groups in total. The van der Waals surface area contributed by atoms with Crippen molar-refractivity contribution in [1.82, 2.24) is 15.1 Å². The van der Waals surface area contributed by atoms with Gasteiger partial charge in [0.25, 0.3) is 0 Å². The van der Waals surface area contributed by atoms with Crippen LogP contribution in [-0.2, 0) is 11.3 Å². The van der Waals surface area contributed by atoms with Gasteiger partial charge in [0.1, 0.15) is 6.54 Å². The molecule has 0 saturated heterocycles. The minimum absolute atomic E-state index is 0.0353. The quantitative estimate of drug-likeness (QED) is 0.454. The number of rotatable bonds is 7. The molecule has 0 aliphatic heterocycles. The lowest BCUT2D eigenvalue weighted by molar-refractivity contribution is -0.122. The van der Waals surface area contributed by atoms with E-state index in [0.717, 1.165) is 16.9 Å². The molecule has 2 aromatic heterocycles. The van der Waals surface area contributed by atoms with Crippen LogP contribution in [0.4, 0.5) is 0 Å². The van der Waals surface area contributed by atoms with Gasteiger partial charge in [-0.2, -0.15) is 5.10 Å². The molecule has 5 nitrogen and oxygen atoms in total. The van der Waals surface area contributed by atoms with E-state index in [9.17, 15) is 9.59 Å². The highest BCUT2D eigenvalue weighted by molar-refractivity contribution is 7.10. The first-order valence-corrected chi connectivity index (χ1v) is 11.3. The van der Waals surface area contributed by atoms with Crippen LogP contribution in [-0.4, -0.2) is 15.7 Å². The summed E-state index contributed by atoms with van der Waals surface area (Å²) >= 11 is 1.62. The number of hydrogen-bond donors (Lipinski definition) is 1. The molecule has 0 aliphatic carbocycles. The fourth-order valence-electron chi connectivity index (χ4n) is 3.66. The van der Waals surface area contributed by atoms with Gasteiger partial charge in [0.15, 0.2) is 0 Å². The number of hydrogen-bond acceptors (Lipinski definition) is 4. The van der Waals surface area contributed by atoms with Crippen LogP contribution in [0.25, 0.3) is 10.9 Å². The van der Waals surface area contributed by atoms with Crippen molar-refractivity contribution in [3.63, 3.8) is 0 Å². The third-order valence-electron chi connectivity index (χ3n) is 5.64. The van der Waals surface area contributed by atoms with Crippen molar-refractivity contribution in [1.29, 1.82) is 0 Å². The number of carbonyl (C=O) groups is 1. The second-order valence-corrected chi connectivity index (χ2v) is 8.65. The van der Waals surface area contributed by atoms with E-state index in [1.165, 1.54) is 11.8 Å². The van der Waals surface area contributed by atoms with Gasteiger partial charge in [0, 0.05) is 10.3 Å². The predicted molar refractivity (Wildman–Crippen MR) is 125 cm³/mol.